The number of primary amides is 1. The molecule has 3 rings (SSSR count). The molecule has 3 atom stereocenters. The maximum Gasteiger partial charge on any atom is 0.248 e. The molecule has 2 N–H and O–H groups in total. The van der Waals surface area contributed by atoms with E-state index in [4.69, 9.17) is 19.9 Å². The minimum absolute atomic E-state index is 0.335. The van der Waals surface area contributed by atoms with Crippen LogP contribution < -0.4 is 5.73 Å². The summed E-state index contributed by atoms with van der Waals surface area (Å²) in [5.41, 5.74) is 6.76. The zero-order valence-corrected chi connectivity index (χ0v) is 18.8. The summed E-state index contributed by atoms with van der Waals surface area (Å²) in [5, 5.41) is 0. The van der Waals surface area contributed by atoms with Crippen LogP contribution in [0, 0.1) is 17.8 Å². The van der Waals surface area contributed by atoms with Crippen molar-refractivity contribution in [2.24, 2.45) is 23.5 Å². The predicted molar refractivity (Wildman–Crippen MR) is 117 cm³/mol. The van der Waals surface area contributed by atoms with Gasteiger partial charge in [-0.15, -0.1) is 0 Å². The standard InChI is InChI=1S/C24H38N2O4/c1-4-26(14-19-16-29-11-12-30-17-19)15-22-10-5-7-18(2)24(22,28-3)21-9-6-8-20(13-21)23(25)27/h6,8-9,13,18-19,22H,4-5,7,10-12,14-17H2,1-3H3,(H2,25,27). The highest BCUT2D eigenvalue weighted by Gasteiger charge is 2.48. The van der Waals surface area contributed by atoms with Gasteiger partial charge >= 0.3 is 0 Å². The maximum absolute atomic E-state index is 11.8. The summed E-state index contributed by atoms with van der Waals surface area (Å²) in [6, 6.07) is 7.73. The first kappa shape index (κ1) is 23.2. The molecule has 0 radical (unpaired) electrons. The second-order valence-electron chi connectivity index (χ2n) is 8.84. The van der Waals surface area contributed by atoms with E-state index in [1.807, 2.05) is 19.2 Å². The summed E-state index contributed by atoms with van der Waals surface area (Å²) in [6.07, 6.45) is 3.41. The van der Waals surface area contributed by atoms with Gasteiger partial charge in [0.15, 0.2) is 0 Å². The summed E-state index contributed by atoms with van der Waals surface area (Å²) in [5.74, 6) is 0.685. The fraction of sp³-hybridized carbons (Fsp3) is 0.708. The maximum atomic E-state index is 11.8. The fourth-order valence-electron chi connectivity index (χ4n) is 5.43. The Labute approximate surface area is 181 Å². The van der Waals surface area contributed by atoms with Crippen LogP contribution in [0.4, 0.5) is 0 Å². The molecule has 3 unspecified atom stereocenters. The lowest BCUT2D eigenvalue weighted by Crippen LogP contribution is -2.51. The van der Waals surface area contributed by atoms with Crippen molar-refractivity contribution in [1.29, 1.82) is 0 Å². The van der Waals surface area contributed by atoms with Gasteiger partial charge in [0, 0.05) is 37.6 Å². The zero-order valence-electron chi connectivity index (χ0n) is 18.8. The lowest BCUT2D eigenvalue weighted by Gasteiger charge is -2.49. The number of nitrogens with zero attached hydrogens (tertiary/aromatic N) is 1. The number of benzene rings is 1. The van der Waals surface area contributed by atoms with Crippen molar-refractivity contribution in [2.45, 2.75) is 38.7 Å². The normalized spacial score (nSPS) is 28.4. The summed E-state index contributed by atoms with van der Waals surface area (Å²) >= 11 is 0. The van der Waals surface area contributed by atoms with Crippen molar-refractivity contribution in [3.8, 4) is 0 Å². The van der Waals surface area contributed by atoms with Gasteiger partial charge in [-0.1, -0.05) is 32.4 Å². The number of nitrogens with two attached hydrogens (primary N) is 1. The first-order valence-electron chi connectivity index (χ1n) is 11.3. The minimum atomic E-state index is -0.423. The van der Waals surface area contributed by atoms with E-state index in [9.17, 15) is 4.79 Å². The molecule has 168 valence electrons. The van der Waals surface area contributed by atoms with Crippen LogP contribution in [0.25, 0.3) is 0 Å². The van der Waals surface area contributed by atoms with Crippen molar-refractivity contribution in [3.63, 3.8) is 0 Å². The molecule has 1 aliphatic carbocycles. The Morgan fingerprint density at radius 3 is 2.60 bits per heavy atom. The van der Waals surface area contributed by atoms with Gasteiger partial charge in [-0.2, -0.15) is 0 Å². The van der Waals surface area contributed by atoms with Gasteiger partial charge in [-0.05, 0) is 43.0 Å². The molecule has 2 aliphatic rings. The van der Waals surface area contributed by atoms with Crippen molar-refractivity contribution in [2.75, 3.05) is 53.2 Å². The zero-order chi connectivity index (χ0) is 21.6. The van der Waals surface area contributed by atoms with Crippen molar-refractivity contribution in [3.05, 3.63) is 35.4 Å². The van der Waals surface area contributed by atoms with Gasteiger partial charge in [-0.25, -0.2) is 0 Å². The molecule has 0 aromatic heterocycles. The predicted octanol–water partition coefficient (Wildman–Crippen LogP) is 3.05. The number of amides is 1. The lowest BCUT2D eigenvalue weighted by molar-refractivity contribution is -0.133. The number of hydrogen-bond acceptors (Lipinski definition) is 5. The Morgan fingerprint density at radius 2 is 1.97 bits per heavy atom. The molecule has 1 aliphatic heterocycles. The lowest BCUT2D eigenvalue weighted by atomic mass is 9.65. The van der Waals surface area contributed by atoms with Crippen molar-refractivity contribution >= 4 is 5.91 Å². The van der Waals surface area contributed by atoms with Gasteiger partial charge < -0.3 is 24.8 Å². The number of hydrogen-bond donors (Lipinski definition) is 1. The fourth-order valence-corrected chi connectivity index (χ4v) is 5.43. The van der Waals surface area contributed by atoms with Crippen LogP contribution in [-0.4, -0.2) is 64.0 Å². The van der Waals surface area contributed by atoms with E-state index in [1.165, 1.54) is 6.42 Å². The molecule has 6 nitrogen and oxygen atoms in total. The Bertz CT molecular complexity index is 690. The Balaban J connectivity index is 1.84. The molecule has 1 aromatic carbocycles. The van der Waals surface area contributed by atoms with Gasteiger partial charge in [0.2, 0.25) is 5.91 Å². The molecule has 2 fully saturated rings. The largest absolute Gasteiger partial charge is 0.379 e. The molecule has 6 heteroatoms. The average molecular weight is 419 g/mol. The van der Waals surface area contributed by atoms with Crippen LogP contribution >= 0.6 is 0 Å². The number of carbonyl (C=O) groups excluding carboxylic acids is 1. The van der Waals surface area contributed by atoms with Crippen LogP contribution in [0.3, 0.4) is 0 Å². The third-order valence-corrected chi connectivity index (χ3v) is 6.99. The average Bonchev–Trinajstić information content (AvgIpc) is 3.02. The van der Waals surface area contributed by atoms with Crippen molar-refractivity contribution in [1.82, 2.24) is 4.90 Å². The van der Waals surface area contributed by atoms with E-state index >= 15 is 0 Å². The van der Waals surface area contributed by atoms with Crippen molar-refractivity contribution < 1.29 is 19.0 Å². The van der Waals surface area contributed by atoms with Crippen LogP contribution in [-0.2, 0) is 19.8 Å². The van der Waals surface area contributed by atoms with Crippen LogP contribution in [0.1, 0.15) is 49.0 Å². The molecule has 1 saturated heterocycles. The summed E-state index contributed by atoms with van der Waals surface area (Å²) < 4.78 is 17.8. The first-order valence-corrected chi connectivity index (χ1v) is 11.3. The Hall–Kier alpha value is -1.47. The van der Waals surface area contributed by atoms with Crippen LogP contribution in [0.2, 0.25) is 0 Å². The second-order valence-corrected chi connectivity index (χ2v) is 8.84. The third kappa shape index (κ3) is 5.05. The van der Waals surface area contributed by atoms with E-state index in [1.54, 1.807) is 6.07 Å². The SMILES string of the molecule is CCN(CC1COCCOC1)CC1CCCC(C)C1(OC)c1cccc(C(N)=O)c1. The van der Waals surface area contributed by atoms with E-state index < -0.39 is 11.5 Å². The summed E-state index contributed by atoms with van der Waals surface area (Å²) in [7, 11) is 1.81. The molecular weight excluding hydrogens is 380 g/mol. The minimum Gasteiger partial charge on any atom is -0.379 e. The summed E-state index contributed by atoms with van der Waals surface area (Å²) in [4.78, 5) is 14.3. The second kappa shape index (κ2) is 10.7. The van der Waals surface area contributed by atoms with E-state index in [2.05, 4.69) is 24.8 Å². The van der Waals surface area contributed by atoms with Gasteiger partial charge in [0.25, 0.3) is 0 Å². The van der Waals surface area contributed by atoms with Gasteiger partial charge in [0.05, 0.1) is 32.0 Å². The number of carbonyl (C=O) groups is 1. The van der Waals surface area contributed by atoms with Gasteiger partial charge in [-0.3, -0.25) is 4.79 Å². The highest BCUT2D eigenvalue weighted by atomic mass is 16.5. The highest BCUT2D eigenvalue weighted by molar-refractivity contribution is 5.92. The molecule has 1 amide bonds. The molecule has 0 bridgehead atoms. The molecule has 1 saturated carbocycles. The number of methoxy groups -OCH3 is 1. The Morgan fingerprint density at radius 1 is 1.23 bits per heavy atom. The first-order chi connectivity index (χ1) is 14.5. The molecule has 0 spiro atoms. The third-order valence-electron chi connectivity index (χ3n) is 6.99. The summed E-state index contributed by atoms with van der Waals surface area (Å²) in [6.45, 7) is 10.3. The van der Waals surface area contributed by atoms with Crippen LogP contribution in [0.15, 0.2) is 24.3 Å². The van der Waals surface area contributed by atoms with Gasteiger partial charge in [0.1, 0.15) is 0 Å². The highest BCUT2D eigenvalue weighted by Crippen LogP contribution is 2.48. The smallest absolute Gasteiger partial charge is 0.248 e. The number of rotatable bonds is 8. The molecule has 30 heavy (non-hydrogen) atoms. The molecule has 1 heterocycles. The monoisotopic (exact) mass is 418 g/mol. The van der Waals surface area contributed by atoms with Crippen LogP contribution in [0.5, 0.6) is 0 Å². The quantitative estimate of drug-likeness (QED) is 0.702. The molecular formula is C24H38N2O4. The van der Waals surface area contributed by atoms with E-state index in [-0.39, 0.29) is 0 Å². The molecule has 1 aromatic rings. The van der Waals surface area contributed by atoms with E-state index in [0.717, 1.165) is 51.3 Å². The topological polar surface area (TPSA) is 74.0 Å². The Kier molecular flexibility index (Phi) is 8.28. The van der Waals surface area contributed by atoms with E-state index in [0.29, 0.717) is 36.5 Å². The number of ether oxygens (including phenoxy) is 3.